The second kappa shape index (κ2) is 12.1. The highest BCUT2D eigenvalue weighted by Crippen LogP contribution is 2.44. The van der Waals surface area contributed by atoms with Crippen LogP contribution in [0.25, 0.3) is 87.9 Å². The Hall–Kier alpha value is -5.28. The Kier molecular flexibility index (Phi) is 7.35. The second-order valence-electron chi connectivity index (χ2n) is 16.9. The van der Waals surface area contributed by atoms with E-state index in [0.29, 0.717) is 0 Å². The van der Waals surface area contributed by atoms with Gasteiger partial charge < -0.3 is 0 Å². The second-order valence-corrected chi connectivity index (χ2v) is 18.7. The van der Waals surface area contributed by atoms with Crippen LogP contribution in [0.4, 0.5) is 0 Å². The number of benzene rings is 8. The summed E-state index contributed by atoms with van der Waals surface area (Å²) in [5.74, 6) is 0. The van der Waals surface area contributed by atoms with Crippen molar-refractivity contribution >= 4 is 120 Å². The zero-order valence-corrected chi connectivity index (χ0v) is 34.9. The summed E-state index contributed by atoms with van der Waals surface area (Å²) in [7, 11) is 0. The summed E-state index contributed by atoms with van der Waals surface area (Å²) in [6.45, 7) is 9.23. The van der Waals surface area contributed by atoms with Gasteiger partial charge in [-0.15, -0.1) is 0 Å². The molecule has 0 saturated heterocycles. The van der Waals surface area contributed by atoms with Crippen molar-refractivity contribution in [2.24, 2.45) is 10.8 Å². The molecule has 0 spiro atoms. The molecule has 12 rings (SSSR count). The van der Waals surface area contributed by atoms with Crippen LogP contribution in [-0.4, -0.2) is 0 Å². The molecule has 0 nitrogen and oxygen atoms in total. The van der Waals surface area contributed by atoms with Gasteiger partial charge >= 0.3 is 0 Å². The predicted octanol–water partition coefficient (Wildman–Crippen LogP) is 12.7. The van der Waals surface area contributed by atoms with E-state index in [2.05, 4.69) is 217 Å². The van der Waals surface area contributed by atoms with E-state index in [1.165, 1.54) is 117 Å². The minimum Gasteiger partial charge on any atom is -0.0616 e. The van der Waals surface area contributed by atoms with Crippen LogP contribution in [0.15, 0.2) is 166 Å². The lowest BCUT2D eigenvalue weighted by Crippen LogP contribution is -2.27. The fourth-order valence-electron chi connectivity index (χ4n) is 10.3. The molecule has 8 aromatic carbocycles. The van der Waals surface area contributed by atoms with Gasteiger partial charge in [0.1, 0.15) is 0 Å². The third kappa shape index (κ3) is 5.02. The molecular weight excluding hydrogens is 808 g/mol. The van der Waals surface area contributed by atoms with E-state index >= 15 is 0 Å². The Balaban J connectivity index is 0.000000130. The van der Waals surface area contributed by atoms with E-state index in [1.54, 1.807) is 0 Å². The minimum absolute atomic E-state index is 0.00496. The molecule has 0 radical (unpaired) electrons. The third-order valence-corrected chi connectivity index (χ3v) is 13.4. The lowest BCUT2D eigenvalue weighted by molar-refractivity contribution is 0.643. The van der Waals surface area contributed by atoms with Gasteiger partial charge in [0.2, 0.25) is 0 Å². The fraction of sp³-hybridized carbons (Fsp3) is 0.111. The molecule has 0 bridgehead atoms. The number of allylic oxidation sites excluding steroid dienone is 8. The van der Waals surface area contributed by atoms with Gasteiger partial charge in [-0.2, -0.15) is 0 Å². The Morgan fingerprint density at radius 1 is 0.339 bits per heavy atom. The first kappa shape index (κ1) is 34.0. The van der Waals surface area contributed by atoms with Crippen LogP contribution < -0.4 is 20.9 Å². The molecule has 0 saturated carbocycles. The maximum absolute atomic E-state index is 3.71. The Morgan fingerprint density at radius 3 is 0.911 bits per heavy atom. The number of hydrogen-bond donors (Lipinski definition) is 0. The molecule has 268 valence electrons. The number of fused-ring (bicyclic) bond motifs is 16. The van der Waals surface area contributed by atoms with Crippen molar-refractivity contribution in [2.45, 2.75) is 27.7 Å². The molecule has 0 fully saturated rings. The van der Waals surface area contributed by atoms with Gasteiger partial charge in [-0.05, 0) is 156 Å². The summed E-state index contributed by atoms with van der Waals surface area (Å²) in [5.41, 5.74) is 5.54. The van der Waals surface area contributed by atoms with Crippen molar-refractivity contribution in [3.63, 3.8) is 0 Å². The molecule has 0 heterocycles. The molecule has 0 N–H and O–H groups in total. The number of halogens is 2. The molecule has 2 heteroatoms. The molecule has 0 unspecified atom stereocenters. The molecular formula is C54H38Br2. The van der Waals surface area contributed by atoms with Crippen LogP contribution >= 0.6 is 31.9 Å². The Labute approximate surface area is 342 Å². The highest BCUT2D eigenvalue weighted by Gasteiger charge is 2.31. The Morgan fingerprint density at radius 2 is 0.607 bits per heavy atom. The van der Waals surface area contributed by atoms with E-state index in [1.807, 2.05) is 0 Å². The minimum atomic E-state index is 0.00496. The smallest absolute Gasteiger partial charge is 0.0150 e. The van der Waals surface area contributed by atoms with Crippen LogP contribution in [0, 0.1) is 10.8 Å². The van der Waals surface area contributed by atoms with Gasteiger partial charge in [0.25, 0.3) is 0 Å². The highest BCUT2D eigenvalue weighted by atomic mass is 79.9. The van der Waals surface area contributed by atoms with Crippen molar-refractivity contribution in [3.8, 4) is 0 Å². The SMILES string of the molecule is CC1(C)C=C(Br)C=C2C=c3cc4c5ccccc5c5ccccc5c4cc3=C21.CC1(C)C=C(Br)C=C2C=c3cc4c5ccccc5c5ccccc5c4cc3=C21. The van der Waals surface area contributed by atoms with Crippen molar-refractivity contribution < 1.29 is 0 Å². The summed E-state index contributed by atoms with van der Waals surface area (Å²) in [5, 5.41) is 21.5. The number of hydrogen-bond acceptors (Lipinski definition) is 0. The standard InChI is InChI=1S/2C27H19Br/c2*1-27(2)15-18(28)12-17-11-16-13-24-21-9-5-3-7-19(21)20-8-4-6-10-22(20)25(24)14-23(16)26(17)27/h2*3-15H,1-2H3. The van der Waals surface area contributed by atoms with Gasteiger partial charge in [-0.25, -0.2) is 0 Å². The quantitative estimate of drug-likeness (QED) is 0.133. The van der Waals surface area contributed by atoms with Crippen molar-refractivity contribution in [2.75, 3.05) is 0 Å². The van der Waals surface area contributed by atoms with E-state index in [4.69, 9.17) is 0 Å². The van der Waals surface area contributed by atoms with E-state index < -0.39 is 0 Å². The zero-order valence-electron chi connectivity index (χ0n) is 31.8. The molecule has 4 aliphatic rings. The molecule has 4 aliphatic carbocycles. The topological polar surface area (TPSA) is 0 Å². The van der Waals surface area contributed by atoms with E-state index in [9.17, 15) is 0 Å². The Bertz CT molecular complexity index is 3290. The van der Waals surface area contributed by atoms with E-state index in [0.717, 1.165) is 0 Å². The molecule has 0 aliphatic heterocycles. The van der Waals surface area contributed by atoms with Crippen molar-refractivity contribution in [1.29, 1.82) is 0 Å². The largest absolute Gasteiger partial charge is 0.0616 e. The van der Waals surface area contributed by atoms with Gasteiger partial charge in [0.15, 0.2) is 0 Å². The molecule has 56 heavy (non-hydrogen) atoms. The normalized spacial score (nSPS) is 17.3. The van der Waals surface area contributed by atoms with Crippen LogP contribution in [0.2, 0.25) is 0 Å². The molecule has 0 aromatic heterocycles. The molecule has 0 atom stereocenters. The summed E-state index contributed by atoms with van der Waals surface area (Å²) in [6, 6.07) is 44.9. The first-order chi connectivity index (χ1) is 27.1. The van der Waals surface area contributed by atoms with Crippen LogP contribution in [0.3, 0.4) is 0 Å². The summed E-state index contributed by atoms with van der Waals surface area (Å²) in [6.07, 6.45) is 13.8. The predicted molar refractivity (Wildman–Crippen MR) is 250 cm³/mol. The van der Waals surface area contributed by atoms with Gasteiger partial charge in [0.05, 0.1) is 0 Å². The third-order valence-electron chi connectivity index (χ3n) is 12.4. The fourth-order valence-corrected chi connectivity index (χ4v) is 11.9. The van der Waals surface area contributed by atoms with Gasteiger partial charge in [-0.3, -0.25) is 0 Å². The molecule has 0 amide bonds. The maximum Gasteiger partial charge on any atom is 0.0150 e. The van der Waals surface area contributed by atoms with Crippen LogP contribution in [0.5, 0.6) is 0 Å². The van der Waals surface area contributed by atoms with Crippen LogP contribution in [-0.2, 0) is 0 Å². The monoisotopic (exact) mass is 844 g/mol. The first-order valence-electron chi connectivity index (χ1n) is 19.5. The summed E-state index contributed by atoms with van der Waals surface area (Å²) in [4.78, 5) is 0. The van der Waals surface area contributed by atoms with Crippen molar-refractivity contribution in [1.82, 2.24) is 0 Å². The number of rotatable bonds is 0. The maximum atomic E-state index is 3.71. The average molecular weight is 847 g/mol. The highest BCUT2D eigenvalue weighted by molar-refractivity contribution is 9.12. The first-order valence-corrected chi connectivity index (χ1v) is 21.0. The zero-order chi connectivity index (χ0) is 38.1. The van der Waals surface area contributed by atoms with E-state index in [-0.39, 0.29) is 10.8 Å². The lowest BCUT2D eigenvalue weighted by atomic mass is 9.77. The average Bonchev–Trinajstić information content (AvgIpc) is 3.74. The van der Waals surface area contributed by atoms with Crippen LogP contribution in [0.1, 0.15) is 27.7 Å². The van der Waals surface area contributed by atoms with Crippen molar-refractivity contribution in [3.05, 3.63) is 187 Å². The van der Waals surface area contributed by atoms with Gasteiger partial charge in [0, 0.05) is 19.8 Å². The van der Waals surface area contributed by atoms with Gasteiger partial charge in [-0.1, -0.05) is 169 Å². The summed E-state index contributed by atoms with van der Waals surface area (Å²) >= 11 is 7.41. The summed E-state index contributed by atoms with van der Waals surface area (Å²) < 4.78 is 2.33. The molecule has 8 aromatic rings. The lowest BCUT2D eigenvalue weighted by Gasteiger charge is -2.28.